The molecular weight excluding hydrogens is 294 g/mol. The van der Waals surface area contributed by atoms with Gasteiger partial charge in [0.05, 0.1) is 18.1 Å². The van der Waals surface area contributed by atoms with E-state index in [1.165, 1.54) is 0 Å². The van der Waals surface area contributed by atoms with Crippen LogP contribution >= 0.6 is 0 Å². The lowest BCUT2D eigenvalue weighted by atomic mass is 9.81. The van der Waals surface area contributed by atoms with Gasteiger partial charge in [0.2, 0.25) is 5.91 Å². The Morgan fingerprint density at radius 3 is 2.30 bits per heavy atom. The molecule has 1 heterocycles. The average molecular weight is 321 g/mol. The second-order valence-corrected chi connectivity index (χ2v) is 5.86. The van der Waals surface area contributed by atoms with E-state index in [2.05, 4.69) is 0 Å². The Morgan fingerprint density at radius 2 is 1.78 bits per heavy atom. The van der Waals surface area contributed by atoms with Crippen molar-refractivity contribution in [2.45, 2.75) is 52.2 Å². The number of hydrogen-bond donors (Lipinski definition) is 1. The van der Waals surface area contributed by atoms with Gasteiger partial charge in [-0.1, -0.05) is 30.3 Å². The average Bonchev–Trinajstić information content (AvgIpc) is 2.53. The maximum absolute atomic E-state index is 12.4. The molecule has 0 aromatic heterocycles. The minimum absolute atomic E-state index is 0.000556. The van der Waals surface area contributed by atoms with E-state index in [9.17, 15) is 9.90 Å². The Balaban J connectivity index is 2.08. The van der Waals surface area contributed by atoms with Gasteiger partial charge in [-0.15, -0.1) is 0 Å². The fraction of sp³-hybridized carbons (Fsp3) is 0.611. The highest BCUT2D eigenvalue weighted by Gasteiger charge is 2.50. The molecule has 5 nitrogen and oxygen atoms in total. The number of aliphatic hydroxyl groups excluding tert-OH is 1. The van der Waals surface area contributed by atoms with Crippen LogP contribution in [0.5, 0.6) is 0 Å². The maximum Gasteiger partial charge on any atom is 0.230 e. The summed E-state index contributed by atoms with van der Waals surface area (Å²) >= 11 is 0. The van der Waals surface area contributed by atoms with Gasteiger partial charge in [-0.25, -0.2) is 0 Å². The molecule has 1 aromatic rings. The highest BCUT2D eigenvalue weighted by Crippen LogP contribution is 2.34. The Kier molecular flexibility index (Phi) is 6.57. The van der Waals surface area contributed by atoms with Crippen molar-refractivity contribution in [1.82, 2.24) is 4.90 Å². The molecule has 0 aliphatic carbocycles. The number of amides is 1. The van der Waals surface area contributed by atoms with Gasteiger partial charge in [0.15, 0.2) is 6.29 Å². The minimum Gasteiger partial charge on any atom is -0.393 e. The molecule has 0 unspecified atom stereocenters. The number of rotatable bonds is 9. The SMILES string of the molecule is CCOC(C[C@@H]1[C@@H]([C@@H](C)O)C(=O)N1Cc1ccccc1)OCC. The van der Waals surface area contributed by atoms with E-state index in [0.29, 0.717) is 26.2 Å². The molecule has 1 fully saturated rings. The molecule has 0 radical (unpaired) electrons. The Hall–Kier alpha value is -1.43. The molecule has 128 valence electrons. The Labute approximate surface area is 138 Å². The molecule has 1 amide bonds. The highest BCUT2D eigenvalue weighted by atomic mass is 16.7. The van der Waals surface area contributed by atoms with E-state index in [-0.39, 0.29) is 24.2 Å². The summed E-state index contributed by atoms with van der Waals surface area (Å²) < 4.78 is 11.2. The lowest BCUT2D eigenvalue weighted by molar-refractivity contribution is -0.185. The largest absolute Gasteiger partial charge is 0.393 e. The molecule has 1 aromatic carbocycles. The summed E-state index contributed by atoms with van der Waals surface area (Å²) in [6.45, 7) is 7.19. The van der Waals surface area contributed by atoms with Crippen LogP contribution in [0.15, 0.2) is 30.3 Å². The van der Waals surface area contributed by atoms with Crippen molar-refractivity contribution in [3.05, 3.63) is 35.9 Å². The number of nitrogens with zero attached hydrogens (tertiary/aromatic N) is 1. The van der Waals surface area contributed by atoms with Crippen molar-refractivity contribution in [2.75, 3.05) is 13.2 Å². The predicted molar refractivity (Wildman–Crippen MR) is 87.6 cm³/mol. The van der Waals surface area contributed by atoms with E-state index >= 15 is 0 Å². The monoisotopic (exact) mass is 321 g/mol. The van der Waals surface area contributed by atoms with Gasteiger partial charge in [-0.3, -0.25) is 4.79 Å². The predicted octanol–water partition coefficient (Wildman–Crippen LogP) is 2.18. The molecule has 3 atom stereocenters. The molecule has 1 N–H and O–H groups in total. The first-order valence-electron chi connectivity index (χ1n) is 8.34. The van der Waals surface area contributed by atoms with Crippen LogP contribution in [0.3, 0.4) is 0 Å². The van der Waals surface area contributed by atoms with E-state index in [4.69, 9.17) is 9.47 Å². The molecule has 0 spiro atoms. The van der Waals surface area contributed by atoms with Crippen LogP contribution in [0.4, 0.5) is 0 Å². The van der Waals surface area contributed by atoms with Crippen LogP contribution in [0.2, 0.25) is 0 Å². The standard InChI is InChI=1S/C18H27NO4/c1-4-22-16(23-5-2)11-15-17(13(3)20)18(21)19(15)12-14-9-7-6-8-10-14/h6-10,13,15-17,20H,4-5,11-12H2,1-3H3/t13-,15-,17-/m1/s1. The van der Waals surface area contributed by atoms with Crippen LogP contribution in [0.1, 0.15) is 32.8 Å². The number of ether oxygens (including phenoxy) is 2. The van der Waals surface area contributed by atoms with Crippen LogP contribution in [-0.4, -0.2) is 47.6 Å². The molecule has 23 heavy (non-hydrogen) atoms. The molecule has 1 aliphatic rings. The van der Waals surface area contributed by atoms with Gasteiger partial charge in [0, 0.05) is 26.2 Å². The molecular formula is C18H27NO4. The van der Waals surface area contributed by atoms with Crippen LogP contribution in [0.25, 0.3) is 0 Å². The van der Waals surface area contributed by atoms with Crippen molar-refractivity contribution in [2.24, 2.45) is 5.92 Å². The number of likely N-dealkylation sites (tertiary alicyclic amines) is 1. The fourth-order valence-electron chi connectivity index (χ4n) is 3.16. The third kappa shape index (κ3) is 4.31. The number of aliphatic hydroxyl groups is 1. The van der Waals surface area contributed by atoms with Gasteiger partial charge >= 0.3 is 0 Å². The number of carbonyl (C=O) groups excluding carboxylic acids is 1. The van der Waals surface area contributed by atoms with E-state index in [0.717, 1.165) is 5.56 Å². The van der Waals surface area contributed by atoms with Gasteiger partial charge in [-0.2, -0.15) is 0 Å². The number of β-lactam (4-membered cyclic amide) rings is 1. The second kappa shape index (κ2) is 8.43. The first-order chi connectivity index (χ1) is 11.1. The maximum atomic E-state index is 12.4. The molecule has 5 heteroatoms. The van der Waals surface area contributed by atoms with Crippen molar-refractivity contribution >= 4 is 5.91 Å². The summed E-state index contributed by atoms with van der Waals surface area (Å²) in [7, 11) is 0. The van der Waals surface area contributed by atoms with Gasteiger partial charge < -0.3 is 19.5 Å². The molecule has 0 bridgehead atoms. The minimum atomic E-state index is -0.663. The topological polar surface area (TPSA) is 59.0 Å². The smallest absolute Gasteiger partial charge is 0.230 e. The third-order valence-corrected chi connectivity index (χ3v) is 4.24. The highest BCUT2D eigenvalue weighted by molar-refractivity contribution is 5.86. The van der Waals surface area contributed by atoms with E-state index < -0.39 is 6.10 Å². The molecule has 0 saturated carbocycles. The number of benzene rings is 1. The number of hydrogen-bond acceptors (Lipinski definition) is 4. The van der Waals surface area contributed by atoms with Crippen molar-refractivity contribution < 1.29 is 19.4 Å². The zero-order valence-corrected chi connectivity index (χ0v) is 14.1. The molecule has 2 rings (SSSR count). The molecule has 1 aliphatic heterocycles. The van der Waals surface area contributed by atoms with E-state index in [1.807, 2.05) is 49.1 Å². The van der Waals surface area contributed by atoms with Crippen LogP contribution < -0.4 is 0 Å². The Morgan fingerprint density at radius 1 is 1.17 bits per heavy atom. The van der Waals surface area contributed by atoms with E-state index in [1.54, 1.807) is 6.92 Å². The van der Waals surface area contributed by atoms with Gasteiger partial charge in [0.25, 0.3) is 0 Å². The zero-order chi connectivity index (χ0) is 16.8. The van der Waals surface area contributed by atoms with Crippen LogP contribution in [-0.2, 0) is 20.8 Å². The van der Waals surface area contributed by atoms with Gasteiger partial charge in [-0.05, 0) is 26.3 Å². The van der Waals surface area contributed by atoms with Crippen LogP contribution in [0, 0.1) is 5.92 Å². The quantitative estimate of drug-likeness (QED) is 0.559. The zero-order valence-electron chi connectivity index (χ0n) is 14.1. The summed E-state index contributed by atoms with van der Waals surface area (Å²) in [5.41, 5.74) is 1.08. The van der Waals surface area contributed by atoms with Gasteiger partial charge in [0.1, 0.15) is 0 Å². The third-order valence-electron chi connectivity index (χ3n) is 4.24. The summed E-state index contributed by atoms with van der Waals surface area (Å²) in [5, 5.41) is 9.94. The number of carbonyl (C=O) groups is 1. The lowest BCUT2D eigenvalue weighted by Gasteiger charge is -2.49. The van der Waals surface area contributed by atoms with Crippen molar-refractivity contribution in [3.8, 4) is 0 Å². The first kappa shape index (κ1) is 17.9. The first-order valence-corrected chi connectivity index (χ1v) is 8.34. The molecule has 1 saturated heterocycles. The fourth-order valence-corrected chi connectivity index (χ4v) is 3.16. The van der Waals surface area contributed by atoms with Crippen molar-refractivity contribution in [3.63, 3.8) is 0 Å². The Bertz CT molecular complexity index is 485. The second-order valence-electron chi connectivity index (χ2n) is 5.86. The summed E-state index contributed by atoms with van der Waals surface area (Å²) in [5.74, 6) is -0.372. The van der Waals surface area contributed by atoms with Crippen molar-refractivity contribution in [1.29, 1.82) is 0 Å². The normalized spacial score (nSPS) is 22.3. The summed E-state index contributed by atoms with van der Waals surface area (Å²) in [6, 6.07) is 9.82. The lowest BCUT2D eigenvalue weighted by Crippen LogP contribution is -2.64. The summed E-state index contributed by atoms with van der Waals surface area (Å²) in [4.78, 5) is 14.2. The summed E-state index contributed by atoms with van der Waals surface area (Å²) in [6.07, 6.45) is -0.429.